The lowest BCUT2D eigenvalue weighted by Gasteiger charge is -2.24. The minimum atomic E-state index is -3.33. The van der Waals surface area contributed by atoms with Crippen LogP contribution in [0.3, 0.4) is 0 Å². The number of fused-ring (bicyclic) bond motifs is 2. The molecular weight excluding hydrogens is 420 g/mol. The summed E-state index contributed by atoms with van der Waals surface area (Å²) in [6, 6.07) is 9.48. The van der Waals surface area contributed by atoms with Crippen LogP contribution in [0.25, 0.3) is 0 Å². The van der Waals surface area contributed by atoms with Crippen LogP contribution >= 0.6 is 0 Å². The molecule has 3 aliphatic rings. The SMILES string of the molecule is CN(C)C(c1ccc(S(N)(=O)=NC(=O)Nc2c3c(cc4c2CCC4)CCC3)cc1)C1CC1. The van der Waals surface area contributed by atoms with Gasteiger partial charge in [0, 0.05) is 11.7 Å². The van der Waals surface area contributed by atoms with Crippen LogP contribution in [0.2, 0.25) is 0 Å². The molecule has 5 rings (SSSR count). The minimum absolute atomic E-state index is 0.348. The summed E-state index contributed by atoms with van der Waals surface area (Å²) in [5.74, 6) is 0.669. The maximum absolute atomic E-state index is 13.2. The van der Waals surface area contributed by atoms with Crippen LogP contribution in [0.15, 0.2) is 39.6 Å². The van der Waals surface area contributed by atoms with Crippen molar-refractivity contribution < 1.29 is 9.00 Å². The molecule has 0 radical (unpaired) electrons. The number of nitrogens with zero attached hydrogens (tertiary/aromatic N) is 2. The van der Waals surface area contributed by atoms with E-state index >= 15 is 0 Å². The normalized spacial score (nSPS) is 19.9. The number of carbonyl (C=O) groups is 1. The molecule has 3 N–H and O–H groups in total. The fourth-order valence-corrected chi connectivity index (χ4v) is 6.46. The van der Waals surface area contributed by atoms with Crippen LogP contribution in [0, 0.1) is 5.92 Å². The lowest BCUT2D eigenvalue weighted by Crippen LogP contribution is -2.22. The fraction of sp³-hybridized carbons (Fsp3) is 0.480. The molecule has 1 saturated carbocycles. The highest BCUT2D eigenvalue weighted by atomic mass is 32.2. The summed E-state index contributed by atoms with van der Waals surface area (Å²) in [4.78, 5) is 15.4. The van der Waals surface area contributed by atoms with Gasteiger partial charge in [0.05, 0.1) is 4.90 Å². The predicted octanol–water partition coefficient (Wildman–Crippen LogP) is 4.61. The van der Waals surface area contributed by atoms with E-state index in [0.29, 0.717) is 16.9 Å². The second-order valence-corrected chi connectivity index (χ2v) is 11.4. The van der Waals surface area contributed by atoms with E-state index in [0.717, 1.165) is 44.2 Å². The summed E-state index contributed by atoms with van der Waals surface area (Å²) in [7, 11) is 0.840. The van der Waals surface area contributed by atoms with Crippen LogP contribution in [0.1, 0.15) is 59.5 Å². The highest BCUT2D eigenvalue weighted by Gasteiger charge is 2.33. The number of amides is 2. The fourth-order valence-electron chi connectivity index (χ4n) is 5.54. The number of hydrogen-bond acceptors (Lipinski definition) is 3. The summed E-state index contributed by atoms with van der Waals surface area (Å²) in [6.45, 7) is 0. The molecule has 0 bridgehead atoms. The minimum Gasteiger partial charge on any atom is -0.305 e. The van der Waals surface area contributed by atoms with Gasteiger partial charge >= 0.3 is 6.03 Å². The Morgan fingerprint density at radius 1 is 1.06 bits per heavy atom. The number of carbonyl (C=O) groups excluding carboxylic acids is 1. The van der Waals surface area contributed by atoms with Crippen molar-refractivity contribution in [3.63, 3.8) is 0 Å². The second-order valence-electron chi connectivity index (χ2n) is 9.64. The smallest absolute Gasteiger partial charge is 0.305 e. The van der Waals surface area contributed by atoms with E-state index in [1.165, 1.54) is 40.7 Å². The highest BCUT2D eigenvalue weighted by molar-refractivity contribution is 7.91. The molecule has 2 unspecified atom stereocenters. The quantitative estimate of drug-likeness (QED) is 0.694. The molecule has 0 aliphatic heterocycles. The van der Waals surface area contributed by atoms with Crippen molar-refractivity contribution in [1.29, 1.82) is 0 Å². The molecule has 2 aromatic carbocycles. The third kappa shape index (κ3) is 4.09. The molecule has 0 heterocycles. The zero-order chi connectivity index (χ0) is 22.5. The molecule has 2 aromatic rings. The van der Waals surface area contributed by atoms with Crippen LogP contribution in [-0.2, 0) is 35.6 Å². The number of nitrogens with one attached hydrogen (secondary N) is 1. The van der Waals surface area contributed by atoms with Gasteiger partial charge in [-0.15, -0.1) is 4.36 Å². The van der Waals surface area contributed by atoms with Gasteiger partial charge in [0.25, 0.3) is 0 Å². The molecule has 2 amide bonds. The Hall–Kier alpha value is -2.22. The third-order valence-corrected chi connectivity index (χ3v) is 8.49. The molecule has 3 aliphatic carbocycles. The lowest BCUT2D eigenvalue weighted by molar-refractivity contribution is 0.260. The van der Waals surface area contributed by atoms with Gasteiger partial charge in [-0.3, -0.25) is 0 Å². The van der Waals surface area contributed by atoms with E-state index in [4.69, 9.17) is 5.14 Å². The van der Waals surface area contributed by atoms with Crippen molar-refractivity contribution in [1.82, 2.24) is 4.90 Å². The number of benzene rings is 2. The number of anilines is 1. The molecule has 7 heteroatoms. The molecular formula is C25H32N4O2S. The van der Waals surface area contributed by atoms with E-state index in [9.17, 15) is 9.00 Å². The summed E-state index contributed by atoms with van der Waals surface area (Å²) in [6.07, 6.45) is 8.72. The maximum Gasteiger partial charge on any atom is 0.354 e. The molecule has 0 spiro atoms. The zero-order valence-electron chi connectivity index (χ0n) is 18.9. The lowest BCUT2D eigenvalue weighted by atomic mass is 9.99. The number of aryl methyl sites for hydroxylation is 2. The van der Waals surface area contributed by atoms with E-state index in [1.54, 1.807) is 12.1 Å². The molecule has 170 valence electrons. The zero-order valence-corrected chi connectivity index (χ0v) is 19.7. The van der Waals surface area contributed by atoms with Gasteiger partial charge < -0.3 is 10.2 Å². The van der Waals surface area contributed by atoms with Crippen LogP contribution in [0.4, 0.5) is 10.5 Å². The van der Waals surface area contributed by atoms with E-state index in [1.807, 2.05) is 12.1 Å². The summed E-state index contributed by atoms with van der Waals surface area (Å²) >= 11 is 0. The molecule has 2 atom stereocenters. The number of urea groups is 1. The standard InChI is InChI=1S/C25H32N4O2S/c1-29(2)24(16-9-10-16)17-11-13-20(14-12-17)32(26,31)28-25(30)27-23-21-7-3-5-18(21)15-19-6-4-8-22(19)23/h11-16,24H,3-10H2,1-2H3,(H3,26,27,28,30,31). The Bertz CT molecular complexity index is 1140. The molecule has 32 heavy (non-hydrogen) atoms. The molecule has 0 aromatic heterocycles. The van der Waals surface area contributed by atoms with Gasteiger partial charge in [0.15, 0.2) is 0 Å². The summed E-state index contributed by atoms with van der Waals surface area (Å²) < 4.78 is 17.1. The van der Waals surface area contributed by atoms with Crippen molar-refractivity contribution in [3.05, 3.63) is 58.1 Å². The average molecular weight is 453 g/mol. The molecule has 6 nitrogen and oxygen atoms in total. The van der Waals surface area contributed by atoms with E-state index < -0.39 is 15.9 Å². The van der Waals surface area contributed by atoms with E-state index in [2.05, 4.69) is 34.7 Å². The summed E-state index contributed by atoms with van der Waals surface area (Å²) in [5.41, 5.74) is 7.17. The van der Waals surface area contributed by atoms with Crippen molar-refractivity contribution in [2.75, 3.05) is 19.4 Å². The predicted molar refractivity (Wildman–Crippen MR) is 128 cm³/mol. The summed E-state index contributed by atoms with van der Waals surface area (Å²) in [5, 5.41) is 9.03. The van der Waals surface area contributed by atoms with Crippen molar-refractivity contribution in [2.45, 2.75) is 62.3 Å². The van der Waals surface area contributed by atoms with Crippen LogP contribution in [0.5, 0.6) is 0 Å². The first-order valence-electron chi connectivity index (χ1n) is 11.6. The first-order valence-corrected chi connectivity index (χ1v) is 13.2. The Kier molecular flexibility index (Phi) is 5.60. The highest BCUT2D eigenvalue weighted by Crippen LogP contribution is 2.43. The van der Waals surface area contributed by atoms with Gasteiger partial charge in [0.2, 0.25) is 0 Å². The van der Waals surface area contributed by atoms with Crippen molar-refractivity contribution in [2.24, 2.45) is 15.4 Å². The number of rotatable bonds is 5. The van der Waals surface area contributed by atoms with Crippen molar-refractivity contribution >= 4 is 21.6 Å². The third-order valence-electron chi connectivity index (χ3n) is 7.11. The Balaban J connectivity index is 1.39. The largest absolute Gasteiger partial charge is 0.354 e. The average Bonchev–Trinajstić information content (AvgIpc) is 3.25. The first-order chi connectivity index (χ1) is 15.3. The van der Waals surface area contributed by atoms with Crippen molar-refractivity contribution in [3.8, 4) is 0 Å². The van der Waals surface area contributed by atoms with Gasteiger partial charge in [-0.05, 0) is 111 Å². The monoisotopic (exact) mass is 452 g/mol. The van der Waals surface area contributed by atoms with E-state index in [-0.39, 0.29) is 0 Å². The second kappa shape index (κ2) is 8.28. The first kappa shape index (κ1) is 21.6. The van der Waals surface area contributed by atoms with Gasteiger partial charge in [-0.25, -0.2) is 14.1 Å². The topological polar surface area (TPSA) is 87.8 Å². The number of hydrogen-bond donors (Lipinski definition) is 2. The maximum atomic E-state index is 13.2. The van der Waals surface area contributed by atoms with Gasteiger partial charge in [0.1, 0.15) is 9.92 Å². The van der Waals surface area contributed by atoms with Gasteiger partial charge in [-0.2, -0.15) is 0 Å². The molecule has 0 saturated heterocycles. The van der Waals surface area contributed by atoms with Crippen LogP contribution < -0.4 is 10.5 Å². The van der Waals surface area contributed by atoms with Crippen LogP contribution in [-0.4, -0.2) is 29.2 Å². The van der Waals surface area contributed by atoms with Gasteiger partial charge in [-0.1, -0.05) is 18.2 Å². The Labute approximate surface area is 190 Å². The molecule has 1 fully saturated rings. The number of nitrogens with two attached hydrogens (primary N) is 1. The Morgan fingerprint density at radius 2 is 1.66 bits per heavy atom. The Morgan fingerprint density at radius 3 is 2.19 bits per heavy atom.